The van der Waals surface area contributed by atoms with Gasteiger partial charge in [0.2, 0.25) is 0 Å². The van der Waals surface area contributed by atoms with Gasteiger partial charge in [-0.25, -0.2) is 4.79 Å². The van der Waals surface area contributed by atoms with Crippen molar-refractivity contribution in [2.24, 2.45) is 5.92 Å². The van der Waals surface area contributed by atoms with Crippen LogP contribution in [0.15, 0.2) is 12.4 Å². The molecule has 2 atom stereocenters. The molecule has 2 aliphatic rings. The van der Waals surface area contributed by atoms with Crippen LogP contribution in [0.1, 0.15) is 45.2 Å². The number of amides is 2. The Morgan fingerprint density at radius 3 is 2.83 bits per heavy atom. The predicted molar refractivity (Wildman–Crippen MR) is 90.2 cm³/mol. The highest BCUT2D eigenvalue weighted by Gasteiger charge is 2.33. The molecule has 6 heteroatoms. The van der Waals surface area contributed by atoms with Crippen LogP contribution in [-0.2, 0) is 6.54 Å². The van der Waals surface area contributed by atoms with Gasteiger partial charge in [0, 0.05) is 50.5 Å². The normalized spacial score (nSPS) is 24.3. The molecule has 2 amide bonds. The minimum absolute atomic E-state index is 0.0131. The van der Waals surface area contributed by atoms with E-state index in [1.54, 1.807) is 0 Å². The minimum atomic E-state index is -0.0131. The Hall–Kier alpha value is -1.56. The second-order valence-corrected chi connectivity index (χ2v) is 7.08. The van der Waals surface area contributed by atoms with Crippen molar-refractivity contribution in [1.29, 1.82) is 0 Å². The van der Waals surface area contributed by atoms with Gasteiger partial charge in [0.15, 0.2) is 0 Å². The summed E-state index contributed by atoms with van der Waals surface area (Å²) < 4.78 is 1.89. The van der Waals surface area contributed by atoms with Gasteiger partial charge in [0.1, 0.15) is 0 Å². The summed E-state index contributed by atoms with van der Waals surface area (Å²) in [6.45, 7) is 11.0. The van der Waals surface area contributed by atoms with Crippen LogP contribution in [0.3, 0.4) is 0 Å². The number of carbonyl (C=O) groups excluding carboxylic acids is 1. The topological polar surface area (TPSA) is 53.4 Å². The highest BCUT2D eigenvalue weighted by molar-refractivity contribution is 5.74. The monoisotopic (exact) mass is 319 g/mol. The van der Waals surface area contributed by atoms with Crippen molar-refractivity contribution >= 4 is 6.03 Å². The van der Waals surface area contributed by atoms with Gasteiger partial charge >= 0.3 is 6.03 Å². The fraction of sp³-hybridized carbons (Fsp3) is 0.765. The number of aromatic nitrogens is 2. The molecule has 3 rings (SSSR count). The second kappa shape index (κ2) is 6.91. The van der Waals surface area contributed by atoms with E-state index in [0.29, 0.717) is 5.92 Å². The zero-order valence-corrected chi connectivity index (χ0v) is 14.5. The second-order valence-electron chi connectivity index (χ2n) is 7.08. The average Bonchev–Trinajstić information content (AvgIpc) is 3.28. The van der Waals surface area contributed by atoms with Crippen LogP contribution in [0.5, 0.6) is 0 Å². The molecule has 2 unspecified atom stereocenters. The maximum atomic E-state index is 12.6. The number of rotatable bonds is 4. The fourth-order valence-electron chi connectivity index (χ4n) is 3.36. The van der Waals surface area contributed by atoms with E-state index in [1.165, 1.54) is 12.8 Å². The number of carbonyl (C=O) groups is 1. The number of hydrogen-bond donors (Lipinski definition) is 1. The third-order valence-electron chi connectivity index (χ3n) is 4.90. The highest BCUT2D eigenvalue weighted by Crippen LogP contribution is 2.28. The minimum Gasteiger partial charge on any atom is -0.331 e. The maximum absolute atomic E-state index is 12.6. The van der Waals surface area contributed by atoms with E-state index in [9.17, 15) is 4.79 Å². The Labute approximate surface area is 138 Å². The fourth-order valence-corrected chi connectivity index (χ4v) is 3.36. The Bertz CT molecular complexity index is 539. The molecule has 0 aromatic carbocycles. The lowest BCUT2D eigenvalue weighted by Gasteiger charge is -2.24. The Kier molecular flexibility index (Phi) is 4.90. The van der Waals surface area contributed by atoms with Crippen LogP contribution < -0.4 is 5.32 Å². The quantitative estimate of drug-likeness (QED) is 0.924. The first kappa shape index (κ1) is 16.3. The van der Waals surface area contributed by atoms with Crippen molar-refractivity contribution in [3.63, 3.8) is 0 Å². The summed E-state index contributed by atoms with van der Waals surface area (Å²) >= 11 is 0. The van der Waals surface area contributed by atoms with Crippen molar-refractivity contribution in [2.75, 3.05) is 26.2 Å². The number of urea groups is 1. The van der Waals surface area contributed by atoms with Gasteiger partial charge in [-0.15, -0.1) is 0 Å². The summed E-state index contributed by atoms with van der Waals surface area (Å²) in [7, 11) is 0. The third-order valence-corrected chi connectivity index (χ3v) is 4.90. The van der Waals surface area contributed by atoms with Gasteiger partial charge in [-0.3, -0.25) is 9.58 Å². The lowest BCUT2D eigenvalue weighted by Crippen LogP contribution is -2.43. The summed E-state index contributed by atoms with van der Waals surface area (Å²) in [5.74, 6) is 0.530. The van der Waals surface area contributed by atoms with Crippen molar-refractivity contribution in [2.45, 2.75) is 52.2 Å². The molecule has 2 heterocycles. The van der Waals surface area contributed by atoms with Gasteiger partial charge in [-0.1, -0.05) is 6.92 Å². The predicted octanol–water partition coefficient (Wildman–Crippen LogP) is 2.09. The summed E-state index contributed by atoms with van der Waals surface area (Å²) in [5.41, 5.74) is 1.06. The SMILES string of the molecule is CCn1cc(C(C)NC(=O)N2CCN(C3CC3)CC(C)C2)cn1. The number of aryl methyl sites for hydroxylation is 1. The van der Waals surface area contributed by atoms with E-state index < -0.39 is 0 Å². The first-order valence-electron chi connectivity index (χ1n) is 8.88. The summed E-state index contributed by atoms with van der Waals surface area (Å²) in [6, 6.07) is 0.811. The van der Waals surface area contributed by atoms with Crippen LogP contribution in [0.2, 0.25) is 0 Å². The lowest BCUT2D eigenvalue weighted by atomic mass is 10.1. The van der Waals surface area contributed by atoms with Gasteiger partial charge in [-0.2, -0.15) is 5.10 Å². The zero-order valence-electron chi connectivity index (χ0n) is 14.5. The smallest absolute Gasteiger partial charge is 0.317 e. The first-order valence-corrected chi connectivity index (χ1v) is 8.88. The molecule has 128 valence electrons. The molecule has 2 fully saturated rings. The van der Waals surface area contributed by atoms with E-state index in [1.807, 2.05) is 28.9 Å². The van der Waals surface area contributed by atoms with E-state index in [0.717, 1.165) is 44.3 Å². The molecule has 1 aliphatic heterocycles. The van der Waals surface area contributed by atoms with E-state index in [2.05, 4.69) is 29.2 Å². The standard InChI is InChI=1S/C17H29N5O/c1-4-22-12-15(9-18-22)14(3)19-17(23)21-8-7-20(16-5-6-16)10-13(2)11-21/h9,12-14,16H,4-8,10-11H2,1-3H3,(H,19,23). The van der Waals surface area contributed by atoms with Crippen molar-refractivity contribution in [3.05, 3.63) is 18.0 Å². The highest BCUT2D eigenvalue weighted by atomic mass is 16.2. The summed E-state index contributed by atoms with van der Waals surface area (Å²) in [6.07, 6.45) is 6.51. The van der Waals surface area contributed by atoms with Gasteiger partial charge in [0.05, 0.1) is 12.2 Å². The van der Waals surface area contributed by atoms with Crippen molar-refractivity contribution in [1.82, 2.24) is 24.9 Å². The summed E-state index contributed by atoms with van der Waals surface area (Å²) in [4.78, 5) is 17.2. The number of nitrogens with zero attached hydrogens (tertiary/aromatic N) is 4. The van der Waals surface area contributed by atoms with Gasteiger partial charge in [0.25, 0.3) is 0 Å². The van der Waals surface area contributed by atoms with Crippen LogP contribution in [0.25, 0.3) is 0 Å². The first-order chi connectivity index (χ1) is 11.1. The number of nitrogens with one attached hydrogen (secondary N) is 1. The van der Waals surface area contributed by atoms with E-state index in [-0.39, 0.29) is 12.1 Å². The van der Waals surface area contributed by atoms with E-state index in [4.69, 9.17) is 0 Å². The molecule has 1 saturated heterocycles. The van der Waals surface area contributed by atoms with Gasteiger partial charge < -0.3 is 10.2 Å². The summed E-state index contributed by atoms with van der Waals surface area (Å²) in [5, 5.41) is 7.41. The molecule has 1 N–H and O–H groups in total. The third kappa shape index (κ3) is 4.05. The van der Waals surface area contributed by atoms with Gasteiger partial charge in [-0.05, 0) is 32.6 Å². The molecule has 1 aromatic heterocycles. The molecule has 0 bridgehead atoms. The van der Waals surface area contributed by atoms with Crippen molar-refractivity contribution in [3.8, 4) is 0 Å². The van der Waals surface area contributed by atoms with Crippen LogP contribution in [0, 0.1) is 5.92 Å². The molecule has 1 saturated carbocycles. The molecule has 0 radical (unpaired) electrons. The largest absolute Gasteiger partial charge is 0.331 e. The maximum Gasteiger partial charge on any atom is 0.317 e. The lowest BCUT2D eigenvalue weighted by molar-refractivity contribution is 0.192. The Balaban J connectivity index is 1.56. The molecule has 1 aliphatic carbocycles. The molecule has 0 spiro atoms. The number of hydrogen-bond acceptors (Lipinski definition) is 3. The van der Waals surface area contributed by atoms with Crippen LogP contribution in [0.4, 0.5) is 4.79 Å². The average molecular weight is 319 g/mol. The molecule has 1 aromatic rings. The molecule has 23 heavy (non-hydrogen) atoms. The Morgan fingerprint density at radius 2 is 2.17 bits per heavy atom. The Morgan fingerprint density at radius 1 is 1.39 bits per heavy atom. The zero-order chi connectivity index (χ0) is 16.4. The molecular formula is C17H29N5O. The van der Waals surface area contributed by atoms with E-state index >= 15 is 0 Å². The molecule has 6 nitrogen and oxygen atoms in total. The van der Waals surface area contributed by atoms with Crippen LogP contribution >= 0.6 is 0 Å². The van der Waals surface area contributed by atoms with Crippen LogP contribution in [-0.4, -0.2) is 57.8 Å². The molecular weight excluding hydrogens is 290 g/mol. The van der Waals surface area contributed by atoms with Crippen molar-refractivity contribution < 1.29 is 4.79 Å².